The fourth-order valence-electron chi connectivity index (χ4n) is 1.02. The molecule has 1 atom stereocenters. The summed E-state index contributed by atoms with van der Waals surface area (Å²) >= 11 is 0. The van der Waals surface area contributed by atoms with Crippen LogP contribution in [0.25, 0.3) is 10.9 Å². The molecule has 3 heteroatoms. The Kier molecular flexibility index (Phi) is 5.29. The standard InChI is InChI=1S/C9H7N.Mo.H3P/c1-2-6-9-8(4-1)5-3-7-10-9;;/h1-7H;;1H3. The first-order valence-electron chi connectivity index (χ1n) is 3.26. The number of fused-ring (bicyclic) bond motifs is 1. The minimum absolute atomic E-state index is 0. The molecular weight excluding hydrogens is 249 g/mol. The molecule has 12 heavy (non-hydrogen) atoms. The molecule has 1 unspecified atom stereocenters. The summed E-state index contributed by atoms with van der Waals surface area (Å²) in [5.41, 5.74) is 1.06. The van der Waals surface area contributed by atoms with Crippen molar-refractivity contribution in [2.75, 3.05) is 0 Å². The predicted molar refractivity (Wildman–Crippen MR) is 52.8 cm³/mol. The Labute approximate surface area is 89.5 Å². The Bertz CT molecular complexity index is 286. The van der Waals surface area contributed by atoms with Crippen molar-refractivity contribution in [3.8, 4) is 0 Å². The number of nitrogens with zero attached hydrogens (tertiary/aromatic N) is 1. The van der Waals surface area contributed by atoms with Crippen LogP contribution in [0.5, 0.6) is 0 Å². The molecule has 1 aromatic heterocycles. The SMILES string of the molecule is P.[Mo].c1ccc2ncccc2c1. The van der Waals surface area contributed by atoms with Gasteiger partial charge in [0.15, 0.2) is 0 Å². The van der Waals surface area contributed by atoms with E-state index in [-0.39, 0.29) is 31.0 Å². The van der Waals surface area contributed by atoms with Gasteiger partial charge in [-0.05, 0) is 12.1 Å². The smallest absolute Gasteiger partial charge is 0.0701 e. The van der Waals surface area contributed by atoms with Gasteiger partial charge in [-0.25, -0.2) is 0 Å². The summed E-state index contributed by atoms with van der Waals surface area (Å²) < 4.78 is 0. The molecule has 0 aliphatic carbocycles. The van der Waals surface area contributed by atoms with Gasteiger partial charge in [0.1, 0.15) is 0 Å². The first kappa shape index (κ1) is 11.7. The van der Waals surface area contributed by atoms with E-state index in [0.717, 1.165) is 5.52 Å². The number of hydrogen-bond acceptors (Lipinski definition) is 1. The van der Waals surface area contributed by atoms with Crippen molar-refractivity contribution in [1.82, 2.24) is 4.98 Å². The van der Waals surface area contributed by atoms with Crippen LogP contribution >= 0.6 is 9.90 Å². The Balaban J connectivity index is 0.000000605. The monoisotopic (exact) mass is 261 g/mol. The number of aromatic nitrogens is 1. The largest absolute Gasteiger partial charge is 0.256 e. The van der Waals surface area contributed by atoms with Crippen LogP contribution in [0.2, 0.25) is 0 Å². The van der Waals surface area contributed by atoms with E-state index < -0.39 is 0 Å². The second-order valence-electron chi connectivity index (χ2n) is 2.20. The van der Waals surface area contributed by atoms with E-state index in [4.69, 9.17) is 0 Å². The van der Waals surface area contributed by atoms with E-state index in [1.54, 1.807) is 0 Å². The van der Waals surface area contributed by atoms with Gasteiger partial charge in [-0.3, -0.25) is 4.98 Å². The third-order valence-corrected chi connectivity index (χ3v) is 1.51. The molecule has 0 fully saturated rings. The maximum Gasteiger partial charge on any atom is 0.0701 e. The van der Waals surface area contributed by atoms with Crippen LogP contribution in [0.4, 0.5) is 0 Å². The topological polar surface area (TPSA) is 12.9 Å². The van der Waals surface area contributed by atoms with Gasteiger partial charge in [0, 0.05) is 32.6 Å². The minimum Gasteiger partial charge on any atom is -0.256 e. The molecule has 0 saturated carbocycles. The van der Waals surface area contributed by atoms with Crippen molar-refractivity contribution in [1.29, 1.82) is 0 Å². The average Bonchev–Trinajstić information content (AvgIpc) is 2.05. The van der Waals surface area contributed by atoms with Crippen molar-refractivity contribution in [3.05, 3.63) is 42.6 Å². The van der Waals surface area contributed by atoms with Gasteiger partial charge in [-0.2, -0.15) is 9.90 Å². The van der Waals surface area contributed by atoms with E-state index in [1.165, 1.54) is 5.39 Å². The van der Waals surface area contributed by atoms with Crippen LogP contribution in [-0.2, 0) is 21.1 Å². The summed E-state index contributed by atoms with van der Waals surface area (Å²) in [5, 5.41) is 1.20. The van der Waals surface area contributed by atoms with Crippen LogP contribution in [0, 0.1) is 0 Å². The maximum absolute atomic E-state index is 4.18. The summed E-state index contributed by atoms with van der Waals surface area (Å²) in [7, 11) is 0. The number of para-hydroxylation sites is 1. The fourth-order valence-corrected chi connectivity index (χ4v) is 1.02. The maximum atomic E-state index is 4.18. The van der Waals surface area contributed by atoms with E-state index in [2.05, 4.69) is 17.1 Å². The van der Waals surface area contributed by atoms with Gasteiger partial charge in [-0.15, -0.1) is 0 Å². The zero-order valence-corrected chi connectivity index (χ0v) is 10.0. The van der Waals surface area contributed by atoms with Gasteiger partial charge in [-0.1, -0.05) is 24.3 Å². The van der Waals surface area contributed by atoms with Crippen molar-refractivity contribution in [2.45, 2.75) is 0 Å². The van der Waals surface area contributed by atoms with Crippen molar-refractivity contribution in [2.24, 2.45) is 0 Å². The number of benzene rings is 1. The summed E-state index contributed by atoms with van der Waals surface area (Å²) in [6.07, 6.45) is 1.81. The zero-order valence-electron chi connectivity index (χ0n) is 6.60. The van der Waals surface area contributed by atoms with Gasteiger partial charge < -0.3 is 0 Å². The average molecular weight is 259 g/mol. The number of hydrogen-bond donors (Lipinski definition) is 0. The first-order chi connectivity index (χ1) is 4.97. The molecule has 1 nitrogen and oxygen atoms in total. The van der Waals surface area contributed by atoms with Gasteiger partial charge in [0.05, 0.1) is 5.52 Å². The molecule has 2 rings (SSSR count). The molecule has 0 N–H and O–H groups in total. The molecule has 2 aromatic rings. The molecule has 1 heterocycles. The molecule has 0 saturated heterocycles. The Morgan fingerprint density at radius 3 is 2.33 bits per heavy atom. The van der Waals surface area contributed by atoms with E-state index in [1.807, 2.05) is 30.5 Å². The Morgan fingerprint density at radius 2 is 1.58 bits per heavy atom. The van der Waals surface area contributed by atoms with E-state index in [0.29, 0.717) is 0 Å². The third-order valence-electron chi connectivity index (χ3n) is 1.51. The zero-order chi connectivity index (χ0) is 6.81. The van der Waals surface area contributed by atoms with Crippen molar-refractivity contribution in [3.63, 3.8) is 0 Å². The Morgan fingerprint density at radius 1 is 0.917 bits per heavy atom. The number of pyridine rings is 1. The second-order valence-corrected chi connectivity index (χ2v) is 2.20. The Hall–Kier alpha value is -0.252. The van der Waals surface area contributed by atoms with Crippen molar-refractivity contribution >= 4 is 20.8 Å². The molecule has 1 aromatic carbocycles. The molecule has 0 aliphatic rings. The normalized spacial score (nSPS) is 8.33. The molecular formula is C9H10MoNP. The molecule has 0 aliphatic heterocycles. The van der Waals surface area contributed by atoms with E-state index in [9.17, 15) is 0 Å². The molecule has 0 amide bonds. The summed E-state index contributed by atoms with van der Waals surface area (Å²) in [6, 6.07) is 12.1. The first-order valence-corrected chi connectivity index (χ1v) is 3.26. The molecule has 0 radical (unpaired) electrons. The minimum atomic E-state index is 0. The summed E-state index contributed by atoms with van der Waals surface area (Å²) in [6.45, 7) is 0. The van der Waals surface area contributed by atoms with E-state index >= 15 is 0 Å². The van der Waals surface area contributed by atoms with Gasteiger partial charge >= 0.3 is 0 Å². The third kappa shape index (κ3) is 2.37. The van der Waals surface area contributed by atoms with Crippen molar-refractivity contribution < 1.29 is 21.1 Å². The molecule has 0 spiro atoms. The van der Waals surface area contributed by atoms with Crippen LogP contribution in [0.3, 0.4) is 0 Å². The fraction of sp³-hybridized carbons (Fsp3) is 0. The predicted octanol–water partition coefficient (Wildman–Crippen LogP) is 2.29. The van der Waals surface area contributed by atoms with Crippen LogP contribution in [-0.4, -0.2) is 4.98 Å². The van der Waals surface area contributed by atoms with Crippen LogP contribution in [0.1, 0.15) is 0 Å². The second kappa shape index (κ2) is 5.40. The van der Waals surface area contributed by atoms with Gasteiger partial charge in [0.25, 0.3) is 0 Å². The van der Waals surface area contributed by atoms with Crippen LogP contribution in [0.15, 0.2) is 42.6 Å². The summed E-state index contributed by atoms with van der Waals surface area (Å²) in [5.74, 6) is 0. The quantitative estimate of drug-likeness (QED) is 0.522. The number of rotatable bonds is 0. The summed E-state index contributed by atoms with van der Waals surface area (Å²) in [4.78, 5) is 4.18. The van der Waals surface area contributed by atoms with Crippen LogP contribution < -0.4 is 0 Å². The van der Waals surface area contributed by atoms with Gasteiger partial charge in [0.2, 0.25) is 0 Å². The molecule has 62 valence electrons. The molecule has 0 bridgehead atoms.